The molecule has 1 aliphatic rings. The van der Waals surface area contributed by atoms with Gasteiger partial charge in [-0.1, -0.05) is 54.1 Å². The van der Waals surface area contributed by atoms with E-state index in [1.165, 1.54) is 0 Å². The molecule has 2 amide bonds. The molecule has 3 aromatic rings. The van der Waals surface area contributed by atoms with Crippen molar-refractivity contribution in [3.8, 4) is 0 Å². The summed E-state index contributed by atoms with van der Waals surface area (Å²) in [6.07, 6.45) is 1.80. The van der Waals surface area contributed by atoms with Gasteiger partial charge in [-0.15, -0.1) is 0 Å². The zero-order valence-electron chi connectivity index (χ0n) is 15.0. The van der Waals surface area contributed by atoms with Crippen molar-refractivity contribution >= 4 is 46.1 Å². The van der Waals surface area contributed by atoms with E-state index < -0.39 is 5.92 Å². The van der Waals surface area contributed by atoms with Crippen LogP contribution in [-0.2, 0) is 9.59 Å². The molecule has 0 radical (unpaired) electrons. The molecule has 1 heterocycles. The van der Waals surface area contributed by atoms with Crippen LogP contribution in [0.4, 0.5) is 5.69 Å². The van der Waals surface area contributed by atoms with Gasteiger partial charge >= 0.3 is 0 Å². The summed E-state index contributed by atoms with van der Waals surface area (Å²) < 4.78 is 0. The number of anilines is 1. The van der Waals surface area contributed by atoms with Crippen molar-refractivity contribution in [2.24, 2.45) is 11.0 Å². The number of fused-ring (bicyclic) bond motifs is 1. The molecule has 3 aromatic carbocycles. The Morgan fingerprint density at radius 1 is 1.07 bits per heavy atom. The predicted octanol–water partition coefficient (Wildman–Crippen LogP) is 4.00. The Kier molecular flexibility index (Phi) is 5.08. The maximum Gasteiger partial charge on any atom is 0.245 e. The zero-order chi connectivity index (χ0) is 19.5. The Balaban J connectivity index is 1.42. The van der Waals surface area contributed by atoms with E-state index in [0.717, 1.165) is 22.0 Å². The second kappa shape index (κ2) is 7.82. The fraction of sp³-hybridized carbons (Fsp3) is 0.136. The number of amides is 2. The number of benzene rings is 3. The van der Waals surface area contributed by atoms with Gasteiger partial charge in [0.25, 0.3) is 0 Å². The van der Waals surface area contributed by atoms with Crippen molar-refractivity contribution < 1.29 is 9.59 Å². The minimum absolute atomic E-state index is 0.0829. The van der Waals surface area contributed by atoms with Crippen LogP contribution in [0.1, 0.15) is 12.0 Å². The van der Waals surface area contributed by atoms with E-state index in [0.29, 0.717) is 11.6 Å². The molecule has 0 unspecified atom stereocenters. The van der Waals surface area contributed by atoms with E-state index in [-0.39, 0.29) is 18.2 Å². The lowest BCUT2D eigenvalue weighted by Crippen LogP contribution is -2.30. The summed E-state index contributed by atoms with van der Waals surface area (Å²) >= 11 is 5.89. The summed E-state index contributed by atoms with van der Waals surface area (Å²) in [5.41, 5.74) is 4.23. The number of halogens is 1. The van der Waals surface area contributed by atoms with Crippen molar-refractivity contribution in [3.63, 3.8) is 0 Å². The molecule has 0 bridgehead atoms. The third-order valence-corrected chi connectivity index (χ3v) is 5.09. The number of hydrogen-bond acceptors (Lipinski definition) is 3. The van der Waals surface area contributed by atoms with Crippen LogP contribution in [0.2, 0.25) is 5.02 Å². The monoisotopic (exact) mass is 391 g/mol. The van der Waals surface area contributed by atoms with Gasteiger partial charge in [-0.25, -0.2) is 5.43 Å². The molecule has 1 N–H and O–H groups in total. The first-order valence-corrected chi connectivity index (χ1v) is 9.36. The van der Waals surface area contributed by atoms with Gasteiger partial charge in [-0.2, -0.15) is 5.10 Å². The largest absolute Gasteiger partial charge is 0.312 e. The van der Waals surface area contributed by atoms with Crippen LogP contribution in [0.3, 0.4) is 0 Å². The fourth-order valence-corrected chi connectivity index (χ4v) is 3.50. The maximum absolute atomic E-state index is 12.5. The molecule has 140 valence electrons. The third-order valence-electron chi connectivity index (χ3n) is 4.84. The molecule has 1 saturated heterocycles. The Labute approximate surface area is 167 Å². The molecule has 0 aliphatic carbocycles. The number of hydrogen-bond donors (Lipinski definition) is 1. The number of nitrogens with one attached hydrogen (secondary N) is 1. The van der Waals surface area contributed by atoms with Gasteiger partial charge in [0.2, 0.25) is 11.8 Å². The Morgan fingerprint density at radius 2 is 1.82 bits per heavy atom. The molecular formula is C22H18ClN3O2. The van der Waals surface area contributed by atoms with Crippen LogP contribution in [-0.4, -0.2) is 24.6 Å². The van der Waals surface area contributed by atoms with E-state index in [1.54, 1.807) is 35.4 Å². The number of carbonyl (C=O) groups excluding carboxylic acids is 2. The van der Waals surface area contributed by atoms with Crippen LogP contribution < -0.4 is 10.3 Å². The summed E-state index contributed by atoms with van der Waals surface area (Å²) in [6, 6.07) is 20.9. The highest BCUT2D eigenvalue weighted by Crippen LogP contribution is 2.26. The molecule has 0 spiro atoms. The van der Waals surface area contributed by atoms with Crippen LogP contribution in [0.5, 0.6) is 0 Å². The summed E-state index contributed by atoms with van der Waals surface area (Å²) in [4.78, 5) is 26.3. The molecule has 1 atom stereocenters. The van der Waals surface area contributed by atoms with Crippen molar-refractivity contribution in [1.82, 2.24) is 5.43 Å². The van der Waals surface area contributed by atoms with Gasteiger partial charge in [0.1, 0.15) is 0 Å². The standard InChI is InChI=1S/C22H18ClN3O2/c23-18-8-10-19(11-9-18)26-14-17(12-21(26)27)22(28)25-24-13-16-6-3-5-15-4-1-2-7-20(15)16/h1-11,13,17H,12,14H2,(H,25,28)/b24-13-/t17-/m0/s1. The Hall–Kier alpha value is -3.18. The topological polar surface area (TPSA) is 61.8 Å². The fourth-order valence-electron chi connectivity index (χ4n) is 3.37. The first kappa shape index (κ1) is 18.2. The summed E-state index contributed by atoms with van der Waals surface area (Å²) in [7, 11) is 0. The van der Waals surface area contributed by atoms with Crippen molar-refractivity contribution in [2.45, 2.75) is 6.42 Å². The smallest absolute Gasteiger partial charge is 0.245 e. The lowest BCUT2D eigenvalue weighted by atomic mass is 10.1. The van der Waals surface area contributed by atoms with E-state index in [4.69, 9.17) is 11.6 Å². The number of rotatable bonds is 4. The van der Waals surface area contributed by atoms with Gasteiger partial charge in [-0.3, -0.25) is 9.59 Å². The van der Waals surface area contributed by atoms with E-state index >= 15 is 0 Å². The van der Waals surface area contributed by atoms with E-state index in [1.807, 2.05) is 42.5 Å². The molecule has 6 heteroatoms. The Bertz CT molecular complexity index is 1060. The molecule has 4 rings (SSSR count). The average molecular weight is 392 g/mol. The van der Waals surface area contributed by atoms with E-state index in [2.05, 4.69) is 10.5 Å². The minimum Gasteiger partial charge on any atom is -0.312 e. The van der Waals surface area contributed by atoms with Crippen LogP contribution in [0, 0.1) is 5.92 Å². The second-order valence-electron chi connectivity index (χ2n) is 6.68. The summed E-state index contributed by atoms with van der Waals surface area (Å²) in [6.45, 7) is 0.329. The van der Waals surface area contributed by atoms with Gasteiger partial charge in [0.15, 0.2) is 0 Å². The molecule has 5 nitrogen and oxygen atoms in total. The molecule has 0 aromatic heterocycles. The van der Waals surface area contributed by atoms with Crippen LogP contribution in [0.15, 0.2) is 71.8 Å². The van der Waals surface area contributed by atoms with Crippen molar-refractivity contribution in [1.29, 1.82) is 0 Å². The highest BCUT2D eigenvalue weighted by Gasteiger charge is 2.35. The molecule has 28 heavy (non-hydrogen) atoms. The van der Waals surface area contributed by atoms with Gasteiger partial charge < -0.3 is 4.90 Å². The average Bonchev–Trinajstić information content (AvgIpc) is 3.10. The lowest BCUT2D eigenvalue weighted by molar-refractivity contribution is -0.126. The number of carbonyl (C=O) groups is 2. The first-order valence-electron chi connectivity index (χ1n) is 8.98. The number of nitrogens with zero attached hydrogens (tertiary/aromatic N) is 2. The zero-order valence-corrected chi connectivity index (χ0v) is 15.8. The van der Waals surface area contributed by atoms with Crippen LogP contribution >= 0.6 is 11.6 Å². The Morgan fingerprint density at radius 3 is 2.64 bits per heavy atom. The van der Waals surface area contributed by atoms with Gasteiger partial charge in [-0.05, 0) is 35.0 Å². The SMILES string of the molecule is O=C(N/N=C\c1cccc2ccccc12)[C@H]1CC(=O)N(c2ccc(Cl)cc2)C1. The van der Waals surface area contributed by atoms with Gasteiger partial charge in [0, 0.05) is 29.2 Å². The lowest BCUT2D eigenvalue weighted by Gasteiger charge is -2.16. The van der Waals surface area contributed by atoms with Crippen molar-refractivity contribution in [2.75, 3.05) is 11.4 Å². The summed E-state index contributed by atoms with van der Waals surface area (Å²) in [5, 5.41) is 6.87. The molecule has 1 fully saturated rings. The quantitative estimate of drug-likeness (QED) is 0.539. The normalized spacial score (nSPS) is 16.8. The third kappa shape index (κ3) is 3.75. The van der Waals surface area contributed by atoms with Crippen molar-refractivity contribution in [3.05, 3.63) is 77.3 Å². The maximum atomic E-state index is 12.5. The highest BCUT2D eigenvalue weighted by molar-refractivity contribution is 6.30. The van der Waals surface area contributed by atoms with E-state index in [9.17, 15) is 9.59 Å². The first-order chi connectivity index (χ1) is 13.6. The molecular weight excluding hydrogens is 374 g/mol. The van der Waals surface area contributed by atoms with Crippen LogP contribution in [0.25, 0.3) is 10.8 Å². The number of hydrazone groups is 1. The molecule has 0 saturated carbocycles. The minimum atomic E-state index is -0.437. The van der Waals surface area contributed by atoms with Gasteiger partial charge in [0.05, 0.1) is 12.1 Å². The predicted molar refractivity (Wildman–Crippen MR) is 112 cm³/mol. The summed E-state index contributed by atoms with van der Waals surface area (Å²) in [5.74, 6) is -0.783. The molecule has 1 aliphatic heterocycles. The second-order valence-corrected chi connectivity index (χ2v) is 7.12. The highest BCUT2D eigenvalue weighted by atomic mass is 35.5.